The molecule has 0 unspecified atom stereocenters. The Morgan fingerprint density at radius 2 is 1.71 bits per heavy atom. The molecule has 98 valence electrons. The van der Waals surface area contributed by atoms with Crippen molar-refractivity contribution in [2.24, 2.45) is 5.41 Å². The van der Waals surface area contributed by atoms with E-state index < -0.39 is 0 Å². The molecule has 3 nitrogen and oxygen atoms in total. The van der Waals surface area contributed by atoms with Crippen LogP contribution in [0.1, 0.15) is 33.1 Å². The van der Waals surface area contributed by atoms with E-state index in [1.54, 1.807) is 0 Å². The summed E-state index contributed by atoms with van der Waals surface area (Å²) >= 11 is 0. The van der Waals surface area contributed by atoms with Crippen LogP contribution in [0.2, 0.25) is 0 Å². The second kappa shape index (κ2) is 4.52. The molecule has 3 fully saturated rings. The van der Waals surface area contributed by atoms with Crippen molar-refractivity contribution < 1.29 is 4.74 Å². The van der Waals surface area contributed by atoms with E-state index in [1.807, 2.05) is 0 Å². The average Bonchev–Trinajstić information content (AvgIpc) is 2.64. The Kier molecular flexibility index (Phi) is 3.18. The van der Waals surface area contributed by atoms with Crippen LogP contribution >= 0.6 is 0 Å². The monoisotopic (exact) mass is 238 g/mol. The number of rotatable bonds is 2. The highest BCUT2D eigenvalue weighted by atomic mass is 16.5. The van der Waals surface area contributed by atoms with E-state index in [-0.39, 0.29) is 0 Å². The van der Waals surface area contributed by atoms with Gasteiger partial charge in [0.25, 0.3) is 0 Å². The third-order valence-electron chi connectivity index (χ3n) is 5.19. The molecule has 1 spiro atoms. The molecular formula is C14H26N2O. The molecule has 3 heteroatoms. The highest BCUT2D eigenvalue weighted by Crippen LogP contribution is 2.41. The topological polar surface area (TPSA) is 15.7 Å². The molecule has 0 amide bonds. The maximum absolute atomic E-state index is 5.30. The van der Waals surface area contributed by atoms with Gasteiger partial charge in [0.2, 0.25) is 0 Å². The van der Waals surface area contributed by atoms with Gasteiger partial charge in [-0.15, -0.1) is 0 Å². The van der Waals surface area contributed by atoms with Gasteiger partial charge in [0.1, 0.15) is 0 Å². The average molecular weight is 238 g/mol. The Bertz CT molecular complexity index is 267. The van der Waals surface area contributed by atoms with Gasteiger partial charge in [-0.2, -0.15) is 0 Å². The van der Waals surface area contributed by atoms with Crippen molar-refractivity contribution >= 4 is 0 Å². The maximum atomic E-state index is 5.30. The normalized spacial score (nSPS) is 31.2. The van der Waals surface area contributed by atoms with Crippen LogP contribution in [0.4, 0.5) is 0 Å². The molecular weight excluding hydrogens is 212 g/mol. The van der Waals surface area contributed by atoms with Crippen molar-refractivity contribution in [3.63, 3.8) is 0 Å². The summed E-state index contributed by atoms with van der Waals surface area (Å²) in [6.07, 6.45) is 4.25. The zero-order valence-corrected chi connectivity index (χ0v) is 11.3. The first-order chi connectivity index (χ1) is 8.19. The minimum absolute atomic E-state index is 0.658. The molecule has 3 saturated heterocycles. The van der Waals surface area contributed by atoms with Crippen molar-refractivity contribution in [3.05, 3.63) is 0 Å². The summed E-state index contributed by atoms with van der Waals surface area (Å²) in [5, 5.41) is 0. The molecule has 0 radical (unpaired) electrons. The van der Waals surface area contributed by atoms with Crippen LogP contribution in [0.3, 0.4) is 0 Å². The summed E-state index contributed by atoms with van der Waals surface area (Å²) in [6.45, 7) is 11.9. The molecule has 0 saturated carbocycles. The molecule has 3 aliphatic rings. The Balaban J connectivity index is 1.54. The van der Waals surface area contributed by atoms with Gasteiger partial charge >= 0.3 is 0 Å². The van der Waals surface area contributed by atoms with Crippen molar-refractivity contribution in [2.75, 3.05) is 39.4 Å². The SMILES string of the molecule is CC(C)N1CCC2(CCN(C3COC3)CC2)C1. The van der Waals surface area contributed by atoms with Gasteiger partial charge in [0, 0.05) is 12.6 Å². The minimum atomic E-state index is 0.658. The largest absolute Gasteiger partial charge is 0.378 e. The van der Waals surface area contributed by atoms with E-state index >= 15 is 0 Å². The van der Waals surface area contributed by atoms with Gasteiger partial charge in [-0.25, -0.2) is 0 Å². The first kappa shape index (κ1) is 11.9. The lowest BCUT2D eigenvalue weighted by Gasteiger charge is -2.45. The van der Waals surface area contributed by atoms with Gasteiger partial charge in [0.05, 0.1) is 19.3 Å². The second-order valence-electron chi connectivity index (χ2n) is 6.54. The van der Waals surface area contributed by atoms with E-state index in [4.69, 9.17) is 4.74 Å². The molecule has 17 heavy (non-hydrogen) atoms. The number of likely N-dealkylation sites (tertiary alicyclic amines) is 2. The third kappa shape index (κ3) is 2.25. The summed E-state index contributed by atoms with van der Waals surface area (Å²) in [7, 11) is 0. The number of hydrogen-bond donors (Lipinski definition) is 0. The highest BCUT2D eigenvalue weighted by molar-refractivity contribution is 4.96. The minimum Gasteiger partial charge on any atom is -0.378 e. The van der Waals surface area contributed by atoms with Crippen LogP contribution in [0.15, 0.2) is 0 Å². The Morgan fingerprint density at radius 3 is 2.18 bits per heavy atom. The standard InChI is InChI=1S/C14H26N2O/c1-12(2)16-8-5-14(11-16)3-6-15(7-4-14)13-9-17-10-13/h12-13H,3-11H2,1-2H3. The summed E-state index contributed by atoms with van der Waals surface area (Å²) in [5.41, 5.74) is 0.658. The molecule has 0 N–H and O–H groups in total. The molecule has 3 rings (SSSR count). The van der Waals surface area contributed by atoms with Crippen molar-refractivity contribution in [1.82, 2.24) is 9.80 Å². The van der Waals surface area contributed by atoms with E-state index in [9.17, 15) is 0 Å². The van der Waals surface area contributed by atoms with Gasteiger partial charge < -0.3 is 9.64 Å². The number of nitrogens with zero attached hydrogens (tertiary/aromatic N) is 2. The lowest BCUT2D eigenvalue weighted by molar-refractivity contribution is -0.0807. The zero-order chi connectivity index (χ0) is 11.9. The Labute approximate surface area is 105 Å². The van der Waals surface area contributed by atoms with E-state index in [0.29, 0.717) is 5.41 Å². The van der Waals surface area contributed by atoms with Crippen LogP contribution in [-0.2, 0) is 4.74 Å². The molecule has 3 heterocycles. The van der Waals surface area contributed by atoms with E-state index in [2.05, 4.69) is 23.6 Å². The first-order valence-corrected chi connectivity index (χ1v) is 7.24. The summed E-state index contributed by atoms with van der Waals surface area (Å²) in [5.74, 6) is 0. The van der Waals surface area contributed by atoms with Crippen molar-refractivity contribution in [3.8, 4) is 0 Å². The predicted molar refractivity (Wildman–Crippen MR) is 69.2 cm³/mol. The summed E-state index contributed by atoms with van der Waals surface area (Å²) < 4.78 is 5.30. The number of hydrogen-bond acceptors (Lipinski definition) is 3. The lowest BCUT2D eigenvalue weighted by atomic mass is 9.77. The molecule has 0 atom stereocenters. The molecule has 0 aromatic carbocycles. The van der Waals surface area contributed by atoms with Gasteiger partial charge in [-0.3, -0.25) is 4.90 Å². The van der Waals surface area contributed by atoms with Gasteiger partial charge in [0.15, 0.2) is 0 Å². The molecule has 0 aromatic rings. The van der Waals surface area contributed by atoms with Crippen LogP contribution in [0, 0.1) is 5.41 Å². The first-order valence-electron chi connectivity index (χ1n) is 7.24. The van der Waals surface area contributed by atoms with Crippen molar-refractivity contribution in [1.29, 1.82) is 0 Å². The van der Waals surface area contributed by atoms with Crippen molar-refractivity contribution in [2.45, 2.75) is 45.2 Å². The molecule has 0 aromatic heterocycles. The Hall–Kier alpha value is -0.120. The predicted octanol–water partition coefficient (Wildman–Crippen LogP) is 1.58. The second-order valence-corrected chi connectivity index (χ2v) is 6.54. The quantitative estimate of drug-likeness (QED) is 0.726. The van der Waals surface area contributed by atoms with Gasteiger partial charge in [-0.05, 0) is 58.2 Å². The summed E-state index contributed by atoms with van der Waals surface area (Å²) in [6, 6.07) is 1.47. The molecule has 0 aliphatic carbocycles. The molecule has 3 aliphatic heterocycles. The fraction of sp³-hybridized carbons (Fsp3) is 1.00. The summed E-state index contributed by atoms with van der Waals surface area (Å²) in [4.78, 5) is 5.33. The van der Waals surface area contributed by atoms with Crippen LogP contribution in [0.5, 0.6) is 0 Å². The Morgan fingerprint density at radius 1 is 1.06 bits per heavy atom. The number of piperidine rings is 1. The van der Waals surface area contributed by atoms with Gasteiger partial charge in [-0.1, -0.05) is 0 Å². The fourth-order valence-electron chi connectivity index (χ4n) is 3.62. The zero-order valence-electron chi connectivity index (χ0n) is 11.3. The highest BCUT2D eigenvalue weighted by Gasteiger charge is 2.42. The fourth-order valence-corrected chi connectivity index (χ4v) is 3.62. The third-order valence-corrected chi connectivity index (χ3v) is 5.19. The van der Waals surface area contributed by atoms with Crippen LogP contribution < -0.4 is 0 Å². The van der Waals surface area contributed by atoms with Crippen LogP contribution in [0.25, 0.3) is 0 Å². The van der Waals surface area contributed by atoms with E-state index in [0.717, 1.165) is 25.3 Å². The van der Waals surface area contributed by atoms with Crippen LogP contribution in [-0.4, -0.2) is 61.3 Å². The molecule has 0 bridgehead atoms. The smallest absolute Gasteiger partial charge is 0.0645 e. The lowest BCUT2D eigenvalue weighted by Crippen LogP contribution is -2.53. The maximum Gasteiger partial charge on any atom is 0.0645 e. The number of ether oxygens (including phenoxy) is 1. The van der Waals surface area contributed by atoms with E-state index in [1.165, 1.54) is 45.4 Å².